The van der Waals surface area contributed by atoms with Crippen molar-refractivity contribution in [2.24, 2.45) is 0 Å². The molecule has 0 bridgehead atoms. The Morgan fingerprint density at radius 3 is 2.29 bits per heavy atom. The van der Waals surface area contributed by atoms with Crippen molar-refractivity contribution in [2.45, 2.75) is 32.4 Å². The van der Waals surface area contributed by atoms with E-state index in [0.29, 0.717) is 12.1 Å². The van der Waals surface area contributed by atoms with E-state index in [4.69, 9.17) is 0 Å². The zero-order valence-corrected chi connectivity index (χ0v) is 10.1. The summed E-state index contributed by atoms with van der Waals surface area (Å²) >= 11 is 0. The summed E-state index contributed by atoms with van der Waals surface area (Å²) < 4.78 is 0. The molecule has 1 saturated heterocycles. The van der Waals surface area contributed by atoms with Gasteiger partial charge in [0.1, 0.15) is 0 Å². The molecule has 0 aromatic carbocycles. The van der Waals surface area contributed by atoms with Crippen LogP contribution in [0, 0.1) is 0 Å². The van der Waals surface area contributed by atoms with Crippen LogP contribution in [0.2, 0.25) is 0 Å². The van der Waals surface area contributed by atoms with Crippen molar-refractivity contribution < 1.29 is 0 Å². The fourth-order valence-electron chi connectivity index (χ4n) is 2.23. The second kappa shape index (κ2) is 5.69. The number of nitrogens with zero attached hydrogens (tertiary/aromatic N) is 2. The molecule has 0 aliphatic carbocycles. The Balaban J connectivity index is 2.17. The van der Waals surface area contributed by atoms with E-state index >= 15 is 0 Å². The predicted octanol–water partition coefficient (Wildman–Crippen LogP) is 0.620. The Morgan fingerprint density at radius 1 is 1.21 bits per heavy atom. The van der Waals surface area contributed by atoms with Gasteiger partial charge in [-0.3, -0.25) is 0 Å². The summed E-state index contributed by atoms with van der Waals surface area (Å²) in [6.45, 7) is 9.40. The van der Waals surface area contributed by atoms with Gasteiger partial charge in [-0.05, 0) is 47.5 Å². The van der Waals surface area contributed by atoms with Crippen LogP contribution in [-0.4, -0.2) is 62.2 Å². The van der Waals surface area contributed by atoms with Crippen LogP contribution in [0.25, 0.3) is 0 Å². The Morgan fingerprint density at radius 2 is 1.79 bits per heavy atom. The minimum absolute atomic E-state index is 0.651. The van der Waals surface area contributed by atoms with E-state index in [0.717, 1.165) is 0 Å². The third-order valence-corrected chi connectivity index (χ3v) is 2.71. The molecule has 0 aromatic heterocycles. The second-order valence-electron chi connectivity index (χ2n) is 4.89. The van der Waals surface area contributed by atoms with Crippen molar-refractivity contribution in [3.05, 3.63) is 0 Å². The third kappa shape index (κ3) is 4.40. The van der Waals surface area contributed by atoms with Crippen LogP contribution in [0.5, 0.6) is 0 Å². The van der Waals surface area contributed by atoms with Crippen LogP contribution in [0.4, 0.5) is 0 Å². The molecule has 2 unspecified atom stereocenters. The van der Waals surface area contributed by atoms with Crippen LogP contribution >= 0.6 is 0 Å². The average Bonchev–Trinajstić information content (AvgIpc) is 2.01. The third-order valence-electron chi connectivity index (χ3n) is 2.71. The van der Waals surface area contributed by atoms with Crippen molar-refractivity contribution in [3.8, 4) is 0 Å². The monoisotopic (exact) mass is 199 g/mol. The quantitative estimate of drug-likeness (QED) is 0.716. The van der Waals surface area contributed by atoms with Gasteiger partial charge in [-0.15, -0.1) is 0 Å². The van der Waals surface area contributed by atoms with E-state index in [-0.39, 0.29) is 0 Å². The van der Waals surface area contributed by atoms with E-state index in [2.05, 4.69) is 43.1 Å². The van der Waals surface area contributed by atoms with Gasteiger partial charge in [0, 0.05) is 25.2 Å². The molecule has 2 atom stereocenters. The van der Waals surface area contributed by atoms with Crippen LogP contribution in [0.15, 0.2) is 0 Å². The summed E-state index contributed by atoms with van der Waals surface area (Å²) in [6, 6.07) is 1.30. The highest BCUT2D eigenvalue weighted by Gasteiger charge is 2.19. The first kappa shape index (κ1) is 12.0. The maximum atomic E-state index is 3.56. The van der Waals surface area contributed by atoms with Gasteiger partial charge in [0.05, 0.1) is 0 Å². The first-order chi connectivity index (χ1) is 6.58. The van der Waals surface area contributed by atoms with Crippen molar-refractivity contribution in [1.82, 2.24) is 15.1 Å². The SMILES string of the molecule is CC1CN(CCCN(C)C)CC(C)N1. The molecule has 0 spiro atoms. The molecule has 3 nitrogen and oxygen atoms in total. The first-order valence-corrected chi connectivity index (χ1v) is 5.71. The number of piperazine rings is 1. The van der Waals surface area contributed by atoms with Crippen LogP contribution in [0.3, 0.4) is 0 Å². The minimum Gasteiger partial charge on any atom is -0.309 e. The van der Waals surface area contributed by atoms with Gasteiger partial charge in [0.25, 0.3) is 0 Å². The highest BCUT2D eigenvalue weighted by molar-refractivity contribution is 4.80. The minimum atomic E-state index is 0.651. The smallest absolute Gasteiger partial charge is 0.0169 e. The summed E-state index contributed by atoms with van der Waals surface area (Å²) in [5.74, 6) is 0. The van der Waals surface area contributed by atoms with Gasteiger partial charge in [-0.2, -0.15) is 0 Å². The number of rotatable bonds is 4. The topological polar surface area (TPSA) is 18.5 Å². The maximum Gasteiger partial charge on any atom is 0.0169 e. The van der Waals surface area contributed by atoms with E-state index in [9.17, 15) is 0 Å². The molecule has 1 aliphatic heterocycles. The molecule has 1 fully saturated rings. The van der Waals surface area contributed by atoms with Crippen LogP contribution in [-0.2, 0) is 0 Å². The lowest BCUT2D eigenvalue weighted by molar-refractivity contribution is 0.167. The molecule has 1 heterocycles. The van der Waals surface area contributed by atoms with E-state index in [1.807, 2.05) is 0 Å². The number of hydrogen-bond acceptors (Lipinski definition) is 3. The standard InChI is InChI=1S/C11H25N3/c1-10-8-14(9-11(2)12-10)7-5-6-13(3)4/h10-12H,5-9H2,1-4H3. The molecule has 14 heavy (non-hydrogen) atoms. The average molecular weight is 199 g/mol. The number of hydrogen-bond donors (Lipinski definition) is 1. The fraction of sp³-hybridized carbons (Fsp3) is 1.00. The molecule has 0 radical (unpaired) electrons. The van der Waals surface area contributed by atoms with Gasteiger partial charge < -0.3 is 15.1 Å². The summed E-state index contributed by atoms with van der Waals surface area (Å²) in [5, 5.41) is 3.56. The zero-order chi connectivity index (χ0) is 10.6. The van der Waals surface area contributed by atoms with Crippen molar-refractivity contribution >= 4 is 0 Å². The van der Waals surface area contributed by atoms with Crippen molar-refractivity contribution in [1.29, 1.82) is 0 Å². The van der Waals surface area contributed by atoms with Gasteiger partial charge >= 0.3 is 0 Å². The lowest BCUT2D eigenvalue weighted by atomic mass is 10.1. The molecule has 0 amide bonds. The Kier molecular flexibility index (Phi) is 4.85. The Labute approximate surface area is 88.5 Å². The second-order valence-corrected chi connectivity index (χ2v) is 4.89. The molecular formula is C11H25N3. The van der Waals surface area contributed by atoms with Gasteiger partial charge in [0.15, 0.2) is 0 Å². The van der Waals surface area contributed by atoms with Crippen molar-refractivity contribution in [2.75, 3.05) is 40.3 Å². The largest absolute Gasteiger partial charge is 0.309 e. The van der Waals surface area contributed by atoms with Crippen molar-refractivity contribution in [3.63, 3.8) is 0 Å². The molecule has 1 N–H and O–H groups in total. The number of nitrogens with one attached hydrogen (secondary N) is 1. The molecule has 84 valence electrons. The lowest BCUT2D eigenvalue weighted by Crippen LogP contribution is -2.54. The summed E-state index contributed by atoms with van der Waals surface area (Å²) in [6.07, 6.45) is 1.28. The van der Waals surface area contributed by atoms with Gasteiger partial charge in [0.2, 0.25) is 0 Å². The highest BCUT2D eigenvalue weighted by atomic mass is 15.2. The first-order valence-electron chi connectivity index (χ1n) is 5.71. The molecule has 1 rings (SSSR count). The Bertz CT molecular complexity index is 149. The normalized spacial score (nSPS) is 29.8. The van der Waals surface area contributed by atoms with E-state index < -0.39 is 0 Å². The summed E-state index contributed by atoms with van der Waals surface area (Å²) in [4.78, 5) is 4.84. The van der Waals surface area contributed by atoms with Gasteiger partial charge in [-0.25, -0.2) is 0 Å². The molecule has 3 heteroatoms. The molecule has 0 aromatic rings. The molecular weight excluding hydrogens is 174 g/mol. The predicted molar refractivity (Wildman–Crippen MR) is 61.7 cm³/mol. The zero-order valence-electron chi connectivity index (χ0n) is 10.1. The van der Waals surface area contributed by atoms with Crippen LogP contribution in [0.1, 0.15) is 20.3 Å². The lowest BCUT2D eigenvalue weighted by Gasteiger charge is -2.36. The molecule has 0 saturated carbocycles. The summed E-state index contributed by atoms with van der Waals surface area (Å²) in [5.41, 5.74) is 0. The van der Waals surface area contributed by atoms with E-state index in [1.165, 1.54) is 32.6 Å². The van der Waals surface area contributed by atoms with E-state index in [1.54, 1.807) is 0 Å². The maximum absolute atomic E-state index is 3.56. The van der Waals surface area contributed by atoms with Gasteiger partial charge in [-0.1, -0.05) is 0 Å². The molecule has 1 aliphatic rings. The fourth-order valence-corrected chi connectivity index (χ4v) is 2.23. The highest BCUT2D eigenvalue weighted by Crippen LogP contribution is 2.04. The van der Waals surface area contributed by atoms with Crippen LogP contribution < -0.4 is 5.32 Å². The summed E-state index contributed by atoms with van der Waals surface area (Å²) in [7, 11) is 4.28. The Hall–Kier alpha value is -0.120.